The van der Waals surface area contributed by atoms with Crippen LogP contribution in [0.2, 0.25) is 0 Å². The predicted octanol–water partition coefficient (Wildman–Crippen LogP) is 1.58. The molecule has 0 atom stereocenters. The zero-order chi connectivity index (χ0) is 14.5. The number of rotatable bonds is 3. The number of morpholine rings is 1. The summed E-state index contributed by atoms with van der Waals surface area (Å²) in [6.07, 6.45) is 1.85. The predicted molar refractivity (Wildman–Crippen MR) is 81.8 cm³/mol. The Balaban J connectivity index is 1.47. The Bertz CT molecular complexity index is 452. The first-order valence-corrected chi connectivity index (χ1v) is 7.76. The van der Waals surface area contributed by atoms with Crippen LogP contribution in [0.25, 0.3) is 0 Å². The lowest BCUT2D eigenvalue weighted by atomic mass is 9.96. The van der Waals surface area contributed by atoms with Crippen molar-refractivity contribution in [3.05, 3.63) is 30.3 Å². The van der Waals surface area contributed by atoms with Gasteiger partial charge in [-0.25, -0.2) is 5.01 Å². The van der Waals surface area contributed by atoms with Crippen LogP contribution in [0.4, 0.5) is 5.69 Å². The molecule has 114 valence electrons. The highest BCUT2D eigenvalue weighted by molar-refractivity contribution is 5.79. The lowest BCUT2D eigenvalue weighted by molar-refractivity contribution is -0.141. The summed E-state index contributed by atoms with van der Waals surface area (Å²) in [4.78, 5) is 14.4. The Morgan fingerprint density at radius 2 is 1.71 bits per heavy atom. The van der Waals surface area contributed by atoms with E-state index in [-0.39, 0.29) is 5.92 Å². The van der Waals surface area contributed by atoms with Crippen molar-refractivity contribution in [2.24, 2.45) is 5.92 Å². The van der Waals surface area contributed by atoms with Crippen LogP contribution >= 0.6 is 0 Å². The Morgan fingerprint density at radius 1 is 1.05 bits per heavy atom. The molecule has 2 aliphatic heterocycles. The zero-order valence-electron chi connectivity index (χ0n) is 12.3. The number of carbonyl (C=O) groups excluding carboxylic acids is 1. The highest BCUT2D eigenvalue weighted by Crippen LogP contribution is 2.21. The number of amides is 1. The molecule has 2 saturated heterocycles. The summed E-state index contributed by atoms with van der Waals surface area (Å²) in [5.41, 5.74) is 4.52. The van der Waals surface area contributed by atoms with Crippen LogP contribution in [0.3, 0.4) is 0 Å². The maximum Gasteiger partial charge on any atom is 0.225 e. The topological polar surface area (TPSA) is 44.8 Å². The van der Waals surface area contributed by atoms with Crippen LogP contribution in [0, 0.1) is 5.92 Å². The Hall–Kier alpha value is -1.59. The molecule has 0 unspecified atom stereocenters. The molecule has 0 aliphatic carbocycles. The van der Waals surface area contributed by atoms with Gasteiger partial charge in [0.1, 0.15) is 0 Å². The molecule has 3 rings (SSSR count). The summed E-state index contributed by atoms with van der Waals surface area (Å²) in [5, 5.41) is 2.21. The molecule has 0 saturated carbocycles. The fourth-order valence-corrected chi connectivity index (χ4v) is 2.98. The van der Waals surface area contributed by atoms with Gasteiger partial charge in [-0.1, -0.05) is 18.2 Å². The number of ether oxygens (including phenoxy) is 1. The molecule has 0 aromatic heterocycles. The maximum atomic E-state index is 12.4. The van der Waals surface area contributed by atoms with Gasteiger partial charge in [-0.3, -0.25) is 4.79 Å². The van der Waals surface area contributed by atoms with Crippen molar-refractivity contribution in [1.29, 1.82) is 0 Å². The number of nitrogens with one attached hydrogen (secondary N) is 1. The second-order valence-electron chi connectivity index (χ2n) is 5.68. The largest absolute Gasteiger partial charge is 0.378 e. The molecule has 0 spiro atoms. The van der Waals surface area contributed by atoms with Crippen molar-refractivity contribution in [2.45, 2.75) is 12.8 Å². The number of hydrazine groups is 1. The van der Waals surface area contributed by atoms with Crippen LogP contribution in [-0.2, 0) is 9.53 Å². The number of hydrogen-bond acceptors (Lipinski definition) is 4. The summed E-state index contributed by atoms with van der Waals surface area (Å²) >= 11 is 0. The molecule has 0 radical (unpaired) electrons. The summed E-state index contributed by atoms with van der Waals surface area (Å²) in [6, 6.07) is 10.2. The first-order valence-electron chi connectivity index (χ1n) is 7.76. The first-order chi connectivity index (χ1) is 10.3. The molecule has 2 fully saturated rings. The van der Waals surface area contributed by atoms with Crippen LogP contribution in [0.15, 0.2) is 30.3 Å². The Kier molecular flexibility index (Phi) is 4.72. The normalized spacial score (nSPS) is 21.2. The fourth-order valence-electron chi connectivity index (χ4n) is 2.98. The third kappa shape index (κ3) is 3.74. The van der Waals surface area contributed by atoms with E-state index in [0.29, 0.717) is 19.1 Å². The summed E-state index contributed by atoms with van der Waals surface area (Å²) in [5.74, 6) is 0.495. The van der Waals surface area contributed by atoms with E-state index in [9.17, 15) is 4.79 Å². The van der Waals surface area contributed by atoms with Crippen LogP contribution in [0.5, 0.6) is 0 Å². The van der Waals surface area contributed by atoms with Crippen molar-refractivity contribution in [2.75, 3.05) is 44.8 Å². The average Bonchev–Trinajstić information content (AvgIpc) is 2.57. The van der Waals surface area contributed by atoms with Gasteiger partial charge in [0.05, 0.1) is 13.2 Å². The smallest absolute Gasteiger partial charge is 0.225 e. The minimum absolute atomic E-state index is 0.178. The summed E-state index contributed by atoms with van der Waals surface area (Å²) in [6.45, 7) is 4.69. The Labute approximate surface area is 125 Å². The highest BCUT2D eigenvalue weighted by atomic mass is 16.5. The monoisotopic (exact) mass is 289 g/mol. The van der Waals surface area contributed by atoms with Crippen LogP contribution in [-0.4, -0.2) is 55.2 Å². The molecule has 1 N–H and O–H groups in total. The van der Waals surface area contributed by atoms with Gasteiger partial charge in [-0.2, -0.15) is 0 Å². The van der Waals surface area contributed by atoms with Gasteiger partial charge in [0.2, 0.25) is 5.91 Å². The minimum atomic E-state index is 0.178. The van der Waals surface area contributed by atoms with Gasteiger partial charge < -0.3 is 15.1 Å². The number of nitrogens with zero attached hydrogens (tertiary/aromatic N) is 2. The molecule has 1 aromatic rings. The van der Waals surface area contributed by atoms with Gasteiger partial charge in [0.15, 0.2) is 0 Å². The van der Waals surface area contributed by atoms with E-state index < -0.39 is 0 Å². The molecular formula is C16H23N3O2. The number of hydrogen-bond donors (Lipinski definition) is 1. The first kappa shape index (κ1) is 14.4. The molecule has 1 amide bonds. The zero-order valence-corrected chi connectivity index (χ0v) is 12.3. The van der Waals surface area contributed by atoms with Crippen molar-refractivity contribution in [3.63, 3.8) is 0 Å². The molecule has 0 bridgehead atoms. The van der Waals surface area contributed by atoms with Gasteiger partial charge in [0.25, 0.3) is 0 Å². The highest BCUT2D eigenvalue weighted by Gasteiger charge is 2.29. The average molecular weight is 289 g/mol. The van der Waals surface area contributed by atoms with Crippen LogP contribution < -0.4 is 5.43 Å². The number of para-hydroxylation sites is 1. The standard InChI is InChI=1S/C16H23N3O2/c20-16(18-10-12-21-13-11-18)14-6-8-19(9-7-14)17-15-4-2-1-3-5-15/h1-5,14,17H,6-13H2. The van der Waals surface area contributed by atoms with E-state index in [1.165, 1.54) is 0 Å². The third-order valence-electron chi connectivity index (χ3n) is 4.23. The summed E-state index contributed by atoms with van der Waals surface area (Å²) in [7, 11) is 0. The molecule has 1 aromatic carbocycles. The number of anilines is 1. The number of benzene rings is 1. The molecule has 5 heteroatoms. The van der Waals surface area contributed by atoms with E-state index in [0.717, 1.165) is 44.7 Å². The van der Waals surface area contributed by atoms with E-state index >= 15 is 0 Å². The SMILES string of the molecule is O=C(C1CCN(Nc2ccccc2)CC1)N1CCOCC1. The van der Waals surface area contributed by atoms with Crippen molar-refractivity contribution >= 4 is 11.6 Å². The van der Waals surface area contributed by atoms with Crippen molar-refractivity contribution < 1.29 is 9.53 Å². The van der Waals surface area contributed by atoms with Gasteiger partial charge in [-0.05, 0) is 25.0 Å². The quantitative estimate of drug-likeness (QED) is 0.918. The Morgan fingerprint density at radius 3 is 2.38 bits per heavy atom. The minimum Gasteiger partial charge on any atom is -0.378 e. The van der Waals surface area contributed by atoms with Gasteiger partial charge >= 0.3 is 0 Å². The lowest BCUT2D eigenvalue weighted by Crippen LogP contribution is -2.47. The maximum absolute atomic E-state index is 12.4. The summed E-state index contributed by atoms with van der Waals surface area (Å²) < 4.78 is 5.31. The van der Waals surface area contributed by atoms with E-state index in [1.54, 1.807) is 0 Å². The van der Waals surface area contributed by atoms with E-state index in [2.05, 4.69) is 22.6 Å². The third-order valence-corrected chi connectivity index (χ3v) is 4.23. The van der Waals surface area contributed by atoms with E-state index in [1.807, 2.05) is 23.1 Å². The van der Waals surface area contributed by atoms with Gasteiger partial charge in [-0.15, -0.1) is 0 Å². The van der Waals surface area contributed by atoms with Crippen molar-refractivity contribution in [3.8, 4) is 0 Å². The van der Waals surface area contributed by atoms with Crippen molar-refractivity contribution in [1.82, 2.24) is 9.91 Å². The van der Waals surface area contributed by atoms with Crippen LogP contribution in [0.1, 0.15) is 12.8 Å². The second-order valence-corrected chi connectivity index (χ2v) is 5.68. The van der Waals surface area contributed by atoms with Gasteiger partial charge in [0, 0.05) is 37.8 Å². The van der Waals surface area contributed by atoms with E-state index in [4.69, 9.17) is 4.74 Å². The second kappa shape index (κ2) is 6.91. The number of carbonyl (C=O) groups is 1. The molecule has 5 nitrogen and oxygen atoms in total. The lowest BCUT2D eigenvalue weighted by Gasteiger charge is -2.35. The molecular weight excluding hydrogens is 266 g/mol. The molecule has 2 aliphatic rings. The number of piperidine rings is 1. The fraction of sp³-hybridized carbons (Fsp3) is 0.562. The molecule has 21 heavy (non-hydrogen) atoms. The molecule has 2 heterocycles.